The van der Waals surface area contributed by atoms with E-state index in [0.29, 0.717) is 11.8 Å². The molecule has 0 saturated heterocycles. The Balaban J connectivity index is 2.20. The Morgan fingerprint density at radius 2 is 1.62 bits per heavy atom. The van der Waals surface area contributed by atoms with Gasteiger partial charge < -0.3 is 9.47 Å². The first-order valence-corrected chi connectivity index (χ1v) is 8.63. The molecule has 1 heterocycles. The first kappa shape index (κ1) is 20.3. The third-order valence-electron chi connectivity index (χ3n) is 4.46. The van der Waals surface area contributed by atoms with Crippen LogP contribution in [0.3, 0.4) is 0 Å². The number of hydrogen-bond donors (Lipinski definition) is 0. The van der Waals surface area contributed by atoms with Crippen molar-refractivity contribution in [3.05, 3.63) is 35.9 Å². The van der Waals surface area contributed by atoms with Crippen LogP contribution in [-0.4, -0.2) is 44.3 Å². The average molecular weight is 370 g/mol. The van der Waals surface area contributed by atoms with E-state index >= 15 is 0 Å². The normalized spacial score (nSPS) is 21.8. The molecule has 3 atom stereocenters. The van der Waals surface area contributed by atoms with Crippen molar-refractivity contribution >= 4 is 11.8 Å². The highest BCUT2D eigenvalue weighted by Crippen LogP contribution is 2.39. The number of aliphatic imine (C=N–C) groups is 2. The van der Waals surface area contributed by atoms with Crippen LogP contribution in [0.15, 0.2) is 40.3 Å². The van der Waals surface area contributed by atoms with Gasteiger partial charge in [-0.15, -0.1) is 0 Å². The summed E-state index contributed by atoms with van der Waals surface area (Å²) in [6, 6.07) is 7.09. The molecule has 0 aromatic heterocycles. The monoisotopic (exact) mass is 370 g/mol. The molecule has 4 nitrogen and oxygen atoms in total. The summed E-state index contributed by atoms with van der Waals surface area (Å²) in [7, 11) is 2.97. The molecule has 0 radical (unpaired) electrons. The maximum atomic E-state index is 13.5. The molecule has 144 valence electrons. The smallest absolute Gasteiger partial charge is 0.395 e. The molecule has 0 saturated carbocycles. The van der Waals surface area contributed by atoms with Gasteiger partial charge in [-0.1, -0.05) is 44.2 Å². The van der Waals surface area contributed by atoms with Crippen molar-refractivity contribution in [3.8, 4) is 0 Å². The van der Waals surface area contributed by atoms with Gasteiger partial charge in [-0.3, -0.25) is 0 Å². The molecule has 2 rings (SSSR count). The molecule has 1 aliphatic heterocycles. The van der Waals surface area contributed by atoms with E-state index < -0.39 is 18.1 Å². The lowest BCUT2D eigenvalue weighted by molar-refractivity contribution is -0.152. The van der Waals surface area contributed by atoms with Crippen LogP contribution in [-0.2, 0) is 9.47 Å². The third kappa shape index (κ3) is 4.77. The number of benzene rings is 1. The number of methoxy groups -OCH3 is 2. The van der Waals surface area contributed by atoms with Gasteiger partial charge in [-0.2, -0.15) is 13.2 Å². The zero-order valence-corrected chi connectivity index (χ0v) is 15.5. The Morgan fingerprint density at radius 1 is 1.00 bits per heavy atom. The van der Waals surface area contributed by atoms with Crippen molar-refractivity contribution in [2.24, 2.45) is 15.9 Å². The van der Waals surface area contributed by atoms with Crippen molar-refractivity contribution < 1.29 is 22.6 Å². The maximum Gasteiger partial charge on any atom is 0.395 e. The van der Waals surface area contributed by atoms with Gasteiger partial charge in [-0.05, 0) is 24.3 Å². The van der Waals surface area contributed by atoms with Crippen LogP contribution in [0.25, 0.3) is 0 Å². The SMILES string of the molecule is COC1=N[C@H](C(C)C)C(OC)=N[C@H]1CCC(c1ccccc1)C(F)(F)F. The summed E-state index contributed by atoms with van der Waals surface area (Å²) in [5.74, 6) is -0.606. The summed E-state index contributed by atoms with van der Waals surface area (Å²) in [5, 5.41) is 0. The minimum absolute atomic E-state index is 0.104. The molecule has 0 aliphatic carbocycles. The van der Waals surface area contributed by atoms with Crippen molar-refractivity contribution in [1.82, 2.24) is 0 Å². The molecule has 0 fully saturated rings. The standard InChI is InChI=1S/C19H25F3N2O2/c1-12(2)16-18(26-4)23-15(17(24-16)25-3)11-10-14(19(20,21)22)13-8-6-5-7-9-13/h5-9,12,14-16H,10-11H2,1-4H3/t14?,15-,16+/m0/s1. The lowest BCUT2D eigenvalue weighted by atomic mass is 9.91. The highest BCUT2D eigenvalue weighted by molar-refractivity contribution is 5.94. The molecule has 0 amide bonds. The molecule has 1 aliphatic rings. The van der Waals surface area contributed by atoms with E-state index in [1.807, 2.05) is 13.8 Å². The van der Waals surface area contributed by atoms with Crippen LogP contribution in [0.5, 0.6) is 0 Å². The molecular weight excluding hydrogens is 345 g/mol. The number of alkyl halides is 3. The van der Waals surface area contributed by atoms with E-state index in [2.05, 4.69) is 9.98 Å². The first-order valence-electron chi connectivity index (χ1n) is 8.63. The molecule has 0 bridgehead atoms. The van der Waals surface area contributed by atoms with Gasteiger partial charge in [0.05, 0.1) is 20.1 Å². The molecule has 1 unspecified atom stereocenters. The minimum atomic E-state index is -4.32. The molecule has 26 heavy (non-hydrogen) atoms. The van der Waals surface area contributed by atoms with Gasteiger partial charge in [0.15, 0.2) is 0 Å². The van der Waals surface area contributed by atoms with Gasteiger partial charge in [0.2, 0.25) is 11.8 Å². The Bertz CT molecular complexity index is 642. The summed E-state index contributed by atoms with van der Waals surface area (Å²) in [6.45, 7) is 3.96. The number of nitrogens with zero attached hydrogens (tertiary/aromatic N) is 2. The predicted octanol–water partition coefficient (Wildman–Crippen LogP) is 4.61. The highest BCUT2D eigenvalue weighted by Gasteiger charge is 2.41. The topological polar surface area (TPSA) is 43.2 Å². The lowest BCUT2D eigenvalue weighted by Gasteiger charge is -2.28. The van der Waals surface area contributed by atoms with Crippen molar-refractivity contribution in [3.63, 3.8) is 0 Å². The van der Waals surface area contributed by atoms with Gasteiger partial charge in [-0.25, -0.2) is 9.98 Å². The Labute approximate surface area is 152 Å². The largest absolute Gasteiger partial charge is 0.483 e. The quantitative estimate of drug-likeness (QED) is 0.760. The molecule has 1 aromatic carbocycles. The van der Waals surface area contributed by atoms with E-state index in [1.54, 1.807) is 18.2 Å². The fraction of sp³-hybridized carbons (Fsp3) is 0.579. The first-order chi connectivity index (χ1) is 12.3. The average Bonchev–Trinajstić information content (AvgIpc) is 2.60. The summed E-state index contributed by atoms with van der Waals surface area (Å²) < 4.78 is 51.2. The fourth-order valence-electron chi connectivity index (χ4n) is 3.08. The van der Waals surface area contributed by atoms with Crippen LogP contribution in [0.1, 0.15) is 38.2 Å². The van der Waals surface area contributed by atoms with Crippen molar-refractivity contribution in [2.45, 2.75) is 50.9 Å². The predicted molar refractivity (Wildman–Crippen MR) is 95.8 cm³/mol. The lowest BCUT2D eigenvalue weighted by Crippen LogP contribution is -2.37. The van der Waals surface area contributed by atoms with E-state index in [9.17, 15) is 13.2 Å². The van der Waals surface area contributed by atoms with Crippen LogP contribution >= 0.6 is 0 Å². The van der Waals surface area contributed by atoms with Crippen LogP contribution in [0.4, 0.5) is 13.2 Å². The van der Waals surface area contributed by atoms with Gasteiger partial charge >= 0.3 is 6.18 Å². The number of ether oxygens (including phenoxy) is 2. The van der Waals surface area contributed by atoms with E-state index in [-0.39, 0.29) is 30.4 Å². The van der Waals surface area contributed by atoms with Crippen LogP contribution in [0.2, 0.25) is 0 Å². The van der Waals surface area contributed by atoms with Gasteiger partial charge in [0.1, 0.15) is 12.1 Å². The molecule has 0 spiro atoms. The number of hydrogen-bond acceptors (Lipinski definition) is 4. The van der Waals surface area contributed by atoms with Crippen molar-refractivity contribution in [2.75, 3.05) is 14.2 Å². The molecule has 1 aromatic rings. The zero-order chi connectivity index (χ0) is 19.3. The molecule has 7 heteroatoms. The Morgan fingerprint density at radius 3 is 2.12 bits per heavy atom. The number of rotatable bonds is 5. The highest BCUT2D eigenvalue weighted by atomic mass is 19.4. The summed E-state index contributed by atoms with van der Waals surface area (Å²) in [6.07, 6.45) is -4.26. The molecule has 0 N–H and O–H groups in total. The van der Waals surface area contributed by atoms with Crippen LogP contribution < -0.4 is 0 Å². The third-order valence-corrected chi connectivity index (χ3v) is 4.46. The second-order valence-electron chi connectivity index (χ2n) is 6.63. The Hall–Kier alpha value is -2.05. The summed E-state index contributed by atoms with van der Waals surface area (Å²) >= 11 is 0. The summed E-state index contributed by atoms with van der Waals surface area (Å²) in [4.78, 5) is 8.98. The zero-order valence-electron chi connectivity index (χ0n) is 15.5. The van der Waals surface area contributed by atoms with Gasteiger partial charge in [0, 0.05) is 0 Å². The fourth-order valence-corrected chi connectivity index (χ4v) is 3.08. The maximum absolute atomic E-state index is 13.5. The van der Waals surface area contributed by atoms with Gasteiger partial charge in [0.25, 0.3) is 0 Å². The minimum Gasteiger partial charge on any atom is -0.483 e. The number of halogens is 3. The van der Waals surface area contributed by atoms with Crippen LogP contribution in [0, 0.1) is 5.92 Å². The Kier molecular flexibility index (Phi) is 6.67. The van der Waals surface area contributed by atoms with E-state index in [4.69, 9.17) is 9.47 Å². The van der Waals surface area contributed by atoms with Crippen molar-refractivity contribution in [1.29, 1.82) is 0 Å². The van der Waals surface area contributed by atoms with E-state index in [1.165, 1.54) is 26.4 Å². The molecular formula is C19H25F3N2O2. The second kappa shape index (κ2) is 8.56. The summed E-state index contributed by atoms with van der Waals surface area (Å²) in [5.41, 5.74) is 0.253. The van der Waals surface area contributed by atoms with E-state index in [0.717, 1.165) is 0 Å². The second-order valence-corrected chi connectivity index (χ2v) is 6.63.